The minimum atomic E-state index is -2.28. The van der Waals surface area contributed by atoms with Crippen LogP contribution in [0.25, 0.3) is 0 Å². The molecule has 8 atom stereocenters. The third kappa shape index (κ3) is 4.48. The number of rotatable bonds is 9. The van der Waals surface area contributed by atoms with Gasteiger partial charge in [-0.2, -0.15) is 0 Å². The smallest absolute Gasteiger partial charge is 0.331 e. The first-order valence-corrected chi connectivity index (χ1v) is 14.4. The summed E-state index contributed by atoms with van der Waals surface area (Å²) in [6.07, 6.45) is 11.9. The van der Waals surface area contributed by atoms with Gasteiger partial charge in [-0.1, -0.05) is 64.8 Å². The number of Topliss-reactive ketones (excluding diaryl/α,β-unsaturated/α-hetero) is 2. The second-order valence-corrected chi connectivity index (χ2v) is 12.6. The van der Waals surface area contributed by atoms with E-state index >= 15 is 0 Å². The summed E-state index contributed by atoms with van der Waals surface area (Å²) >= 11 is 0. The third-order valence-corrected chi connectivity index (χ3v) is 9.89. The first-order valence-electron chi connectivity index (χ1n) is 14.4. The summed E-state index contributed by atoms with van der Waals surface area (Å²) in [5, 5.41) is 34.4. The number of aliphatic hydroxyl groups excluding tert-OH is 1. The van der Waals surface area contributed by atoms with Crippen LogP contribution < -0.4 is 0 Å². The molecule has 0 aromatic rings. The molecular weight excluding hydrogens is 528 g/mol. The molecule has 0 aromatic carbocycles. The Bertz CT molecular complexity index is 1260. The summed E-state index contributed by atoms with van der Waals surface area (Å²) in [5.74, 6) is -7.16. The van der Waals surface area contributed by atoms with Crippen molar-refractivity contribution in [2.75, 3.05) is 6.61 Å². The van der Waals surface area contributed by atoms with E-state index in [-0.39, 0.29) is 11.1 Å². The Balaban J connectivity index is 1.79. The van der Waals surface area contributed by atoms with Crippen LogP contribution >= 0.6 is 0 Å². The number of ketones is 2. The van der Waals surface area contributed by atoms with Gasteiger partial charge in [0, 0.05) is 41.7 Å². The van der Waals surface area contributed by atoms with Crippen LogP contribution in [0, 0.1) is 29.1 Å². The number of carbonyl (C=O) groups excluding carboxylic acids is 4. The van der Waals surface area contributed by atoms with Crippen LogP contribution in [0.5, 0.6) is 0 Å². The molecule has 2 fully saturated rings. The number of allylic oxidation sites excluding steroid dienone is 3. The number of fused-ring (bicyclic) bond motifs is 5. The maximum absolute atomic E-state index is 14.0. The summed E-state index contributed by atoms with van der Waals surface area (Å²) in [5.41, 5.74) is -6.79. The van der Waals surface area contributed by atoms with Gasteiger partial charge >= 0.3 is 11.9 Å². The van der Waals surface area contributed by atoms with Gasteiger partial charge in [-0.3, -0.25) is 14.4 Å². The van der Waals surface area contributed by atoms with Crippen molar-refractivity contribution in [2.45, 2.75) is 90.1 Å². The topological polar surface area (TPSA) is 147 Å². The molecule has 9 heteroatoms. The van der Waals surface area contributed by atoms with Gasteiger partial charge in [0.1, 0.15) is 6.10 Å². The van der Waals surface area contributed by atoms with E-state index in [1.54, 1.807) is 32.9 Å². The predicted octanol–water partition coefficient (Wildman–Crippen LogP) is 2.92. The minimum Gasteiger partial charge on any atom is -0.455 e. The van der Waals surface area contributed by atoms with Crippen LogP contribution in [-0.2, 0) is 28.7 Å². The molecule has 41 heavy (non-hydrogen) atoms. The molecule has 4 aliphatic carbocycles. The van der Waals surface area contributed by atoms with Crippen LogP contribution in [0.3, 0.4) is 0 Å². The normalized spacial score (nSPS) is 39.0. The van der Waals surface area contributed by atoms with E-state index in [1.165, 1.54) is 26.0 Å². The molecule has 3 N–H and O–H groups in total. The van der Waals surface area contributed by atoms with Crippen molar-refractivity contribution in [3.05, 3.63) is 47.6 Å². The monoisotopic (exact) mass is 570 g/mol. The van der Waals surface area contributed by atoms with Gasteiger partial charge in [0.15, 0.2) is 22.8 Å². The molecule has 2 saturated carbocycles. The average molecular weight is 571 g/mol. The number of carbonyl (C=O) groups is 4. The molecule has 8 unspecified atom stereocenters. The van der Waals surface area contributed by atoms with Gasteiger partial charge in [0.05, 0.1) is 18.1 Å². The Morgan fingerprint density at radius 3 is 2.41 bits per heavy atom. The Kier molecular flexibility index (Phi) is 8.14. The number of hydrogen-bond acceptors (Lipinski definition) is 9. The van der Waals surface area contributed by atoms with Crippen molar-refractivity contribution in [3.8, 4) is 0 Å². The summed E-state index contributed by atoms with van der Waals surface area (Å²) in [6, 6.07) is 0. The molecule has 0 saturated heterocycles. The Morgan fingerprint density at radius 1 is 1.12 bits per heavy atom. The van der Waals surface area contributed by atoms with Gasteiger partial charge in [-0.05, 0) is 31.4 Å². The van der Waals surface area contributed by atoms with Crippen molar-refractivity contribution in [1.82, 2.24) is 0 Å². The Morgan fingerprint density at radius 2 is 1.80 bits per heavy atom. The van der Waals surface area contributed by atoms with Crippen molar-refractivity contribution >= 4 is 23.5 Å². The van der Waals surface area contributed by atoms with E-state index in [0.717, 1.165) is 31.8 Å². The SMILES string of the molecule is CCCCCC=CC=CC(=O)OC1C(C)C2(O)C(C(=O)C(CO)=CC3(O)C(=O)C(C)=CC32)C2C(C)(C)C12OC(C)=O. The van der Waals surface area contributed by atoms with Crippen LogP contribution in [0.1, 0.15) is 67.2 Å². The highest BCUT2D eigenvalue weighted by Crippen LogP contribution is 2.77. The van der Waals surface area contributed by atoms with Gasteiger partial charge < -0.3 is 24.8 Å². The van der Waals surface area contributed by atoms with Crippen molar-refractivity contribution in [1.29, 1.82) is 0 Å². The maximum atomic E-state index is 14.0. The lowest BCUT2D eigenvalue weighted by molar-refractivity contribution is -0.227. The standard InChI is InChI=1S/C32H42O9/c1-7-8-9-10-11-12-13-14-23(35)40-28-19(3)31(39)22-15-18(2)27(37)30(22,38)16-21(17-33)25(36)24(31)26-29(5,6)32(26,28)41-20(4)34/h11-16,19,22,24,26,28,33,38-39H,7-10,17H2,1-6H3. The number of aliphatic hydroxyl groups is 3. The number of ether oxygens (including phenoxy) is 2. The van der Waals surface area contributed by atoms with Crippen molar-refractivity contribution in [2.24, 2.45) is 29.1 Å². The van der Waals surface area contributed by atoms with Crippen molar-refractivity contribution < 1.29 is 44.0 Å². The highest BCUT2D eigenvalue weighted by atomic mass is 16.6. The summed E-state index contributed by atoms with van der Waals surface area (Å²) in [7, 11) is 0. The molecule has 0 spiro atoms. The number of hydrogen-bond donors (Lipinski definition) is 3. The largest absolute Gasteiger partial charge is 0.455 e. The fourth-order valence-electron chi connectivity index (χ4n) is 7.88. The third-order valence-electron chi connectivity index (χ3n) is 9.89. The van der Waals surface area contributed by atoms with Gasteiger partial charge in [0.2, 0.25) is 0 Å². The predicted molar refractivity (Wildman–Crippen MR) is 149 cm³/mol. The zero-order valence-electron chi connectivity index (χ0n) is 24.7. The molecule has 0 aliphatic heterocycles. The fourth-order valence-corrected chi connectivity index (χ4v) is 7.88. The van der Waals surface area contributed by atoms with Crippen LogP contribution in [0.15, 0.2) is 47.6 Å². The summed E-state index contributed by atoms with van der Waals surface area (Å²) < 4.78 is 11.9. The highest BCUT2D eigenvalue weighted by Gasteiger charge is 2.89. The second-order valence-electron chi connectivity index (χ2n) is 12.6. The van der Waals surface area contributed by atoms with Crippen LogP contribution in [-0.4, -0.2) is 68.3 Å². The van der Waals surface area contributed by atoms with E-state index in [9.17, 15) is 34.5 Å². The van der Waals surface area contributed by atoms with E-state index in [1.807, 2.05) is 6.08 Å². The first-order chi connectivity index (χ1) is 19.2. The lowest BCUT2D eigenvalue weighted by Gasteiger charge is -2.52. The summed E-state index contributed by atoms with van der Waals surface area (Å²) in [4.78, 5) is 52.7. The van der Waals surface area contributed by atoms with Gasteiger partial charge in [-0.25, -0.2) is 4.79 Å². The number of unbranched alkanes of at least 4 members (excludes halogenated alkanes) is 3. The zero-order chi connectivity index (χ0) is 30.5. The zero-order valence-corrected chi connectivity index (χ0v) is 24.7. The maximum Gasteiger partial charge on any atom is 0.331 e. The molecule has 224 valence electrons. The van der Waals surface area contributed by atoms with Crippen molar-refractivity contribution in [3.63, 3.8) is 0 Å². The molecule has 0 heterocycles. The molecule has 0 bridgehead atoms. The molecule has 0 amide bonds. The second kappa shape index (κ2) is 10.7. The lowest BCUT2D eigenvalue weighted by Crippen LogP contribution is -2.67. The van der Waals surface area contributed by atoms with Gasteiger partial charge in [0.25, 0.3) is 0 Å². The quantitative estimate of drug-likeness (QED) is 0.165. The van der Waals surface area contributed by atoms with Crippen LogP contribution in [0.2, 0.25) is 0 Å². The molecule has 4 rings (SSSR count). The van der Waals surface area contributed by atoms with Gasteiger partial charge in [-0.15, -0.1) is 0 Å². The fraction of sp³-hybridized carbons (Fsp3) is 0.625. The number of esters is 2. The molecule has 4 aliphatic rings. The Hall–Kier alpha value is -2.88. The molecule has 0 aromatic heterocycles. The summed E-state index contributed by atoms with van der Waals surface area (Å²) in [6.45, 7) is 9.20. The molecule has 9 nitrogen and oxygen atoms in total. The van der Waals surface area contributed by atoms with E-state index in [4.69, 9.17) is 9.47 Å². The minimum absolute atomic E-state index is 0.203. The van der Waals surface area contributed by atoms with Crippen LogP contribution in [0.4, 0.5) is 0 Å². The van der Waals surface area contributed by atoms with E-state index in [0.29, 0.717) is 0 Å². The Labute approximate surface area is 241 Å². The highest BCUT2D eigenvalue weighted by molar-refractivity contribution is 6.09. The van der Waals surface area contributed by atoms with E-state index in [2.05, 4.69) is 6.92 Å². The first kappa shape index (κ1) is 31.1. The molecular formula is C32H42O9. The molecule has 0 radical (unpaired) electrons. The van der Waals surface area contributed by atoms with E-state index < -0.39 is 82.1 Å². The lowest BCUT2D eigenvalue weighted by atomic mass is 9.58. The average Bonchev–Trinajstić information content (AvgIpc) is 3.30.